The van der Waals surface area contributed by atoms with Crippen molar-refractivity contribution in [2.45, 2.75) is 0 Å². The zero-order valence-electron chi connectivity index (χ0n) is 18.9. The molecular formula is C24H21BN6O3. The fourth-order valence-corrected chi connectivity index (χ4v) is 4.97. The van der Waals surface area contributed by atoms with E-state index in [1.807, 2.05) is 72.8 Å². The zero-order valence-corrected chi connectivity index (χ0v) is 18.9. The van der Waals surface area contributed by atoms with Gasteiger partial charge in [0.25, 0.3) is 16.2 Å². The average molecular weight is 452 g/mol. The summed E-state index contributed by atoms with van der Waals surface area (Å²) < 4.78 is 9.18. The number of fused-ring (bicyclic) bond motifs is 3. The number of imidazole rings is 3. The Bertz CT molecular complexity index is 1710. The number of hydrogen-bond acceptors (Lipinski definition) is 3. The first-order valence-corrected chi connectivity index (χ1v) is 10.9. The molecule has 168 valence electrons. The van der Waals surface area contributed by atoms with Crippen LogP contribution in [-0.4, -0.2) is 34.3 Å². The summed E-state index contributed by atoms with van der Waals surface area (Å²) in [5.74, 6) is 0. The Labute approximate surface area is 193 Å². The third kappa shape index (κ3) is 2.47. The summed E-state index contributed by atoms with van der Waals surface area (Å²) in [6, 6.07) is 22.1. The van der Waals surface area contributed by atoms with Gasteiger partial charge in [0.05, 0.1) is 16.6 Å². The second-order valence-electron chi connectivity index (χ2n) is 8.45. The maximum Gasteiger partial charge on any atom is 0.620 e. The Morgan fingerprint density at radius 2 is 0.853 bits per heavy atom. The Balaban J connectivity index is 1.87. The van der Waals surface area contributed by atoms with Crippen molar-refractivity contribution in [3.63, 3.8) is 0 Å². The van der Waals surface area contributed by atoms with Crippen molar-refractivity contribution >= 4 is 40.2 Å². The Hall–Kier alpha value is -4.47. The maximum absolute atomic E-state index is 13.7. The van der Waals surface area contributed by atoms with Gasteiger partial charge in [-0.05, 0) is 36.4 Å². The van der Waals surface area contributed by atoms with Crippen LogP contribution in [0.25, 0.3) is 33.1 Å². The van der Waals surface area contributed by atoms with Crippen molar-refractivity contribution in [2.75, 3.05) is 0 Å². The molecule has 6 rings (SSSR count). The van der Waals surface area contributed by atoms with Gasteiger partial charge in [-0.15, -0.1) is 0 Å². The predicted molar refractivity (Wildman–Crippen MR) is 133 cm³/mol. The minimum absolute atomic E-state index is 0.328. The molecular weight excluding hydrogens is 431 g/mol. The number of rotatable bonds is 3. The molecule has 0 amide bonds. The van der Waals surface area contributed by atoms with E-state index in [4.69, 9.17) is 0 Å². The molecule has 0 N–H and O–H groups in total. The second-order valence-corrected chi connectivity index (χ2v) is 8.45. The summed E-state index contributed by atoms with van der Waals surface area (Å²) in [5.41, 5.74) is 3.01. The summed E-state index contributed by atoms with van der Waals surface area (Å²) in [6.45, 7) is 0. The molecule has 3 aromatic carbocycles. The lowest BCUT2D eigenvalue weighted by Gasteiger charge is -2.31. The quantitative estimate of drug-likeness (QED) is 0.302. The van der Waals surface area contributed by atoms with E-state index in [-0.39, 0.29) is 17.1 Å². The minimum atomic E-state index is -1.06. The highest BCUT2D eigenvalue weighted by atomic mass is 16.2. The molecule has 34 heavy (non-hydrogen) atoms. The van der Waals surface area contributed by atoms with Gasteiger partial charge >= 0.3 is 5.69 Å². The molecule has 0 atom stereocenters. The fraction of sp³-hybridized carbons (Fsp3) is 0.125. The van der Waals surface area contributed by atoms with E-state index in [0.717, 1.165) is 0 Å². The van der Waals surface area contributed by atoms with Gasteiger partial charge in [-0.25, -0.2) is 4.57 Å². The third-order valence-electron chi connectivity index (χ3n) is 6.68. The van der Waals surface area contributed by atoms with Crippen molar-refractivity contribution < 1.29 is 0 Å². The van der Waals surface area contributed by atoms with Crippen molar-refractivity contribution in [3.05, 3.63) is 104 Å². The van der Waals surface area contributed by atoms with E-state index >= 15 is 0 Å². The zero-order chi connectivity index (χ0) is 23.7. The van der Waals surface area contributed by atoms with Gasteiger partial charge in [0, 0.05) is 37.7 Å². The van der Waals surface area contributed by atoms with Gasteiger partial charge in [0.2, 0.25) is 7.12 Å². The van der Waals surface area contributed by atoms with E-state index < -0.39 is 7.12 Å². The van der Waals surface area contributed by atoms with Crippen LogP contribution in [0.15, 0.2) is 87.2 Å². The number of aryl methyl sites for hydroxylation is 3. The highest BCUT2D eigenvalue weighted by Gasteiger charge is 2.27. The number of nitrogens with zero attached hydrogens (tertiary/aromatic N) is 6. The second kappa shape index (κ2) is 7.01. The Kier molecular flexibility index (Phi) is 4.16. The summed E-state index contributed by atoms with van der Waals surface area (Å²) in [4.78, 5) is 41.0. The standard InChI is InChI=1S/C24H21BN6O3/c1-26-16-10-4-7-13-19(16)29(22(26)32)25(30-20-14-8-5-11-17(20)27(2)23(30)33)31-21-15-9-6-12-18(21)28(3)24(31)34/h4-15H,1-3H3. The molecule has 0 aliphatic carbocycles. The SMILES string of the molecule is Cn1c(=O)n([B-](n2c(=O)n(C)c3ccccc32)n2c(=[O+])n(C)c3ccccc32)c2ccccc21. The fourth-order valence-electron chi connectivity index (χ4n) is 4.97. The highest BCUT2D eigenvalue weighted by Crippen LogP contribution is 2.20. The van der Waals surface area contributed by atoms with Crippen LogP contribution in [0.2, 0.25) is 0 Å². The van der Waals surface area contributed by atoms with Crippen molar-refractivity contribution in [1.82, 2.24) is 27.1 Å². The first-order valence-electron chi connectivity index (χ1n) is 10.9. The predicted octanol–water partition coefficient (Wildman–Crippen LogP) is 1.58. The van der Waals surface area contributed by atoms with E-state index in [2.05, 4.69) is 0 Å². The van der Waals surface area contributed by atoms with E-state index in [0.29, 0.717) is 33.1 Å². The topological polar surface area (TPSA) is 83.6 Å². The van der Waals surface area contributed by atoms with Gasteiger partial charge in [-0.2, -0.15) is 0 Å². The molecule has 0 aliphatic rings. The van der Waals surface area contributed by atoms with Crippen LogP contribution in [0, 0.1) is 0 Å². The van der Waals surface area contributed by atoms with Crippen molar-refractivity contribution in [1.29, 1.82) is 0 Å². The van der Waals surface area contributed by atoms with Gasteiger partial charge in [0.15, 0.2) is 0 Å². The summed E-state index contributed by atoms with van der Waals surface area (Å²) in [6.07, 6.45) is 0. The third-order valence-corrected chi connectivity index (χ3v) is 6.68. The lowest BCUT2D eigenvalue weighted by atomic mass is 9.90. The number of aromatic nitrogens is 6. The van der Waals surface area contributed by atoms with Gasteiger partial charge in [-0.3, -0.25) is 18.7 Å². The molecule has 0 saturated carbocycles. The molecule has 6 aromatic rings. The molecule has 3 aromatic heterocycles. The maximum atomic E-state index is 13.7. The van der Waals surface area contributed by atoms with Crippen LogP contribution in [0.3, 0.4) is 0 Å². The largest absolute Gasteiger partial charge is 0.620 e. The molecule has 10 heteroatoms. The van der Waals surface area contributed by atoms with Gasteiger partial charge in [0.1, 0.15) is 0 Å². The van der Waals surface area contributed by atoms with Crippen molar-refractivity contribution in [2.24, 2.45) is 21.1 Å². The summed E-state index contributed by atoms with van der Waals surface area (Å²) >= 11 is 0. The lowest BCUT2D eigenvalue weighted by Crippen LogP contribution is -2.54. The molecule has 0 aliphatic heterocycles. The van der Waals surface area contributed by atoms with E-state index in [1.165, 1.54) is 27.1 Å². The van der Waals surface area contributed by atoms with Crippen molar-refractivity contribution in [3.8, 4) is 0 Å². The van der Waals surface area contributed by atoms with Crippen LogP contribution in [-0.2, 0) is 21.1 Å². The van der Waals surface area contributed by atoms with Crippen LogP contribution >= 0.6 is 0 Å². The first-order chi connectivity index (χ1) is 16.4. The Morgan fingerprint density at radius 1 is 0.529 bits per heavy atom. The smallest absolute Gasteiger partial charge is 0.452 e. The number of hydrogen-bond donors (Lipinski definition) is 0. The van der Waals surface area contributed by atoms with Crippen LogP contribution in [0.4, 0.5) is 0 Å². The van der Waals surface area contributed by atoms with Crippen LogP contribution < -0.4 is 17.1 Å². The molecule has 0 unspecified atom stereocenters. The molecule has 3 heterocycles. The summed E-state index contributed by atoms with van der Waals surface area (Å²) in [7, 11) is 4.01. The first kappa shape index (κ1) is 20.2. The van der Waals surface area contributed by atoms with Gasteiger partial charge in [-0.1, -0.05) is 36.4 Å². The molecule has 0 spiro atoms. The molecule has 0 bridgehead atoms. The van der Waals surface area contributed by atoms with Gasteiger partial charge < -0.3 is 13.4 Å². The molecule has 2 radical (unpaired) electrons. The lowest BCUT2D eigenvalue weighted by molar-refractivity contribution is 0.799. The molecule has 9 nitrogen and oxygen atoms in total. The molecule has 0 saturated heterocycles. The normalized spacial score (nSPS) is 12.0. The van der Waals surface area contributed by atoms with E-state index in [1.54, 1.807) is 21.1 Å². The number of para-hydroxylation sites is 6. The Morgan fingerprint density at radius 3 is 1.26 bits per heavy atom. The highest BCUT2D eigenvalue weighted by molar-refractivity contribution is 6.57. The minimum Gasteiger partial charge on any atom is -0.452 e. The number of benzene rings is 3. The monoisotopic (exact) mass is 452 g/mol. The van der Waals surface area contributed by atoms with Crippen LogP contribution in [0.1, 0.15) is 0 Å². The van der Waals surface area contributed by atoms with Crippen LogP contribution in [0.5, 0.6) is 0 Å². The molecule has 0 fully saturated rings. The summed E-state index contributed by atoms with van der Waals surface area (Å²) in [5, 5.41) is 0. The van der Waals surface area contributed by atoms with E-state index in [9.17, 15) is 14.4 Å². The average Bonchev–Trinajstić information content (AvgIpc) is 3.37.